The summed E-state index contributed by atoms with van der Waals surface area (Å²) in [4.78, 5) is 10.1. The fourth-order valence-corrected chi connectivity index (χ4v) is 1.85. The second-order valence-electron chi connectivity index (χ2n) is 4.63. The van der Waals surface area contributed by atoms with Gasteiger partial charge in [0, 0.05) is 18.7 Å². The van der Waals surface area contributed by atoms with E-state index in [1.54, 1.807) is 12.1 Å². The van der Waals surface area contributed by atoms with Gasteiger partial charge >= 0.3 is 0 Å². The quantitative estimate of drug-likeness (QED) is 0.409. The molecule has 0 aromatic heterocycles. The number of non-ortho nitro benzene ring substituents is 1. The van der Waals surface area contributed by atoms with Crippen molar-refractivity contribution in [2.75, 3.05) is 13.1 Å². The highest BCUT2D eigenvalue weighted by Gasteiger charge is 2.09. The van der Waals surface area contributed by atoms with Crippen molar-refractivity contribution in [3.63, 3.8) is 0 Å². The maximum atomic E-state index is 10.5. The van der Waals surface area contributed by atoms with Crippen molar-refractivity contribution >= 4 is 5.69 Å². The molecule has 0 saturated heterocycles. The van der Waals surface area contributed by atoms with Crippen LogP contribution in [0.2, 0.25) is 0 Å². The van der Waals surface area contributed by atoms with E-state index >= 15 is 0 Å². The van der Waals surface area contributed by atoms with Gasteiger partial charge in [0.1, 0.15) is 0 Å². The van der Waals surface area contributed by atoms with E-state index in [9.17, 15) is 15.2 Å². The van der Waals surface area contributed by atoms with Crippen LogP contribution in [0.25, 0.3) is 0 Å². The minimum atomic E-state index is -0.619. The van der Waals surface area contributed by atoms with Crippen molar-refractivity contribution < 1.29 is 10.0 Å². The average molecular weight is 266 g/mol. The highest BCUT2D eigenvalue weighted by molar-refractivity contribution is 5.33. The number of aliphatic hydroxyl groups excluding tert-OH is 1. The number of hydrogen-bond donors (Lipinski definition) is 2. The zero-order valence-electron chi connectivity index (χ0n) is 11.3. The van der Waals surface area contributed by atoms with Crippen LogP contribution >= 0.6 is 0 Å². The van der Waals surface area contributed by atoms with E-state index in [1.807, 2.05) is 0 Å². The smallest absolute Gasteiger partial charge is 0.269 e. The Bertz CT molecular complexity index is 379. The van der Waals surface area contributed by atoms with E-state index in [-0.39, 0.29) is 5.69 Å². The Kier molecular flexibility index (Phi) is 7.07. The van der Waals surface area contributed by atoms with Gasteiger partial charge in [0.25, 0.3) is 5.69 Å². The predicted molar refractivity (Wildman–Crippen MR) is 75.1 cm³/mol. The lowest BCUT2D eigenvalue weighted by Gasteiger charge is -2.12. The summed E-state index contributed by atoms with van der Waals surface area (Å²) >= 11 is 0. The van der Waals surface area contributed by atoms with Crippen LogP contribution in [0.4, 0.5) is 5.69 Å². The number of nitro groups is 1. The largest absolute Gasteiger partial charge is 0.387 e. The molecule has 5 heteroatoms. The Labute approximate surface area is 113 Å². The van der Waals surface area contributed by atoms with Gasteiger partial charge in [0.05, 0.1) is 11.0 Å². The fraction of sp³-hybridized carbons (Fsp3) is 0.571. The average Bonchev–Trinajstić information content (AvgIpc) is 2.42. The van der Waals surface area contributed by atoms with Gasteiger partial charge in [-0.15, -0.1) is 0 Å². The topological polar surface area (TPSA) is 75.4 Å². The molecule has 0 aliphatic heterocycles. The molecule has 1 atom stereocenters. The molecule has 106 valence electrons. The summed E-state index contributed by atoms with van der Waals surface area (Å²) in [5.74, 6) is 0. The van der Waals surface area contributed by atoms with E-state index < -0.39 is 11.0 Å². The van der Waals surface area contributed by atoms with Crippen molar-refractivity contribution in [3.8, 4) is 0 Å². The molecule has 1 unspecified atom stereocenters. The minimum Gasteiger partial charge on any atom is -0.387 e. The highest BCUT2D eigenvalue weighted by Crippen LogP contribution is 2.17. The molecule has 0 bridgehead atoms. The van der Waals surface area contributed by atoms with Gasteiger partial charge in [-0.1, -0.05) is 26.2 Å². The monoisotopic (exact) mass is 266 g/mol. The summed E-state index contributed by atoms with van der Waals surface area (Å²) in [7, 11) is 0. The summed E-state index contributed by atoms with van der Waals surface area (Å²) in [6, 6.07) is 6.03. The van der Waals surface area contributed by atoms with Crippen LogP contribution in [0.3, 0.4) is 0 Å². The molecule has 0 spiro atoms. The maximum Gasteiger partial charge on any atom is 0.269 e. The second-order valence-corrected chi connectivity index (χ2v) is 4.63. The first-order valence-corrected chi connectivity index (χ1v) is 6.78. The van der Waals surface area contributed by atoms with Gasteiger partial charge in [0.2, 0.25) is 0 Å². The molecule has 0 aliphatic carbocycles. The number of hydrogen-bond acceptors (Lipinski definition) is 4. The lowest BCUT2D eigenvalue weighted by atomic mass is 10.1. The fourth-order valence-electron chi connectivity index (χ4n) is 1.85. The van der Waals surface area contributed by atoms with Crippen molar-refractivity contribution in [2.24, 2.45) is 0 Å². The third kappa shape index (κ3) is 5.81. The number of nitrogens with one attached hydrogen (secondary N) is 1. The Morgan fingerprint density at radius 3 is 2.53 bits per heavy atom. The molecule has 1 aromatic carbocycles. The van der Waals surface area contributed by atoms with Crippen molar-refractivity contribution in [1.29, 1.82) is 0 Å². The molecule has 0 saturated carbocycles. The highest BCUT2D eigenvalue weighted by atomic mass is 16.6. The molecule has 5 nitrogen and oxygen atoms in total. The Morgan fingerprint density at radius 2 is 1.95 bits per heavy atom. The van der Waals surface area contributed by atoms with E-state index in [4.69, 9.17) is 0 Å². The molecule has 2 N–H and O–H groups in total. The maximum absolute atomic E-state index is 10.5. The molecule has 0 heterocycles. The zero-order chi connectivity index (χ0) is 14.1. The van der Waals surface area contributed by atoms with Crippen molar-refractivity contribution in [2.45, 2.75) is 38.7 Å². The number of nitrogens with zero attached hydrogens (tertiary/aromatic N) is 1. The van der Waals surface area contributed by atoms with Gasteiger partial charge in [-0.25, -0.2) is 0 Å². The first kappa shape index (κ1) is 15.6. The van der Waals surface area contributed by atoms with Gasteiger partial charge in [-0.2, -0.15) is 0 Å². The molecule has 0 radical (unpaired) electrons. The summed E-state index contributed by atoms with van der Waals surface area (Å²) in [6.45, 7) is 3.54. The molecule has 0 aliphatic rings. The van der Waals surface area contributed by atoms with Gasteiger partial charge in [-0.3, -0.25) is 10.1 Å². The van der Waals surface area contributed by atoms with Crippen LogP contribution in [0, 0.1) is 10.1 Å². The standard InChI is InChI=1S/C14H22N2O3/c1-2-3-4-5-10-15-11-14(17)12-6-8-13(9-7-12)16(18)19/h6-9,14-15,17H,2-5,10-11H2,1H3. The normalized spacial score (nSPS) is 12.3. The van der Waals surface area contributed by atoms with Crippen LogP contribution in [0.15, 0.2) is 24.3 Å². The van der Waals surface area contributed by atoms with Crippen LogP contribution in [-0.4, -0.2) is 23.1 Å². The zero-order valence-corrected chi connectivity index (χ0v) is 11.3. The van der Waals surface area contributed by atoms with E-state index in [0.717, 1.165) is 13.0 Å². The molecule has 0 amide bonds. The predicted octanol–water partition coefficient (Wildman–Crippen LogP) is 2.80. The molecular formula is C14H22N2O3. The Hall–Kier alpha value is -1.46. The molecule has 1 aromatic rings. The second kappa shape index (κ2) is 8.61. The Morgan fingerprint density at radius 1 is 1.26 bits per heavy atom. The van der Waals surface area contributed by atoms with E-state index in [1.165, 1.54) is 31.4 Å². The number of unbranched alkanes of at least 4 members (excludes halogenated alkanes) is 3. The van der Waals surface area contributed by atoms with E-state index in [0.29, 0.717) is 12.1 Å². The lowest BCUT2D eigenvalue weighted by Crippen LogP contribution is -2.22. The molecule has 0 fully saturated rings. The lowest BCUT2D eigenvalue weighted by molar-refractivity contribution is -0.384. The van der Waals surface area contributed by atoms with Gasteiger partial charge in [-0.05, 0) is 30.7 Å². The number of nitro benzene ring substituents is 1. The SMILES string of the molecule is CCCCCCNCC(O)c1ccc([N+](=O)[O-])cc1. The van der Waals surface area contributed by atoms with Gasteiger partial charge in [0.15, 0.2) is 0 Å². The van der Waals surface area contributed by atoms with Crippen LogP contribution < -0.4 is 5.32 Å². The van der Waals surface area contributed by atoms with Crippen LogP contribution in [0.5, 0.6) is 0 Å². The van der Waals surface area contributed by atoms with Gasteiger partial charge < -0.3 is 10.4 Å². The van der Waals surface area contributed by atoms with Crippen LogP contribution in [0.1, 0.15) is 44.3 Å². The summed E-state index contributed by atoms with van der Waals surface area (Å²) in [5, 5.41) is 23.6. The number of aliphatic hydroxyl groups is 1. The summed E-state index contributed by atoms with van der Waals surface area (Å²) < 4.78 is 0. The Balaban J connectivity index is 2.29. The molecule has 1 rings (SSSR count). The van der Waals surface area contributed by atoms with Crippen LogP contribution in [-0.2, 0) is 0 Å². The number of rotatable bonds is 9. The third-order valence-electron chi connectivity index (χ3n) is 3.03. The molecule has 19 heavy (non-hydrogen) atoms. The summed E-state index contributed by atoms with van der Waals surface area (Å²) in [5.41, 5.74) is 0.745. The third-order valence-corrected chi connectivity index (χ3v) is 3.03. The number of benzene rings is 1. The minimum absolute atomic E-state index is 0.0449. The van der Waals surface area contributed by atoms with Crippen molar-refractivity contribution in [3.05, 3.63) is 39.9 Å². The van der Waals surface area contributed by atoms with Crippen molar-refractivity contribution in [1.82, 2.24) is 5.32 Å². The first-order valence-electron chi connectivity index (χ1n) is 6.78. The first-order chi connectivity index (χ1) is 9.15. The molecular weight excluding hydrogens is 244 g/mol. The van der Waals surface area contributed by atoms with E-state index in [2.05, 4.69) is 12.2 Å². The summed E-state index contributed by atoms with van der Waals surface area (Å²) in [6.07, 6.45) is 4.16.